The number of aliphatic hydroxyl groups excluding tert-OH is 1. The summed E-state index contributed by atoms with van der Waals surface area (Å²) in [6.07, 6.45) is 21.2. The number of rotatable bonds is 22. The molecule has 5 aromatic rings. The molecule has 2 aliphatic heterocycles. The van der Waals surface area contributed by atoms with Crippen LogP contribution < -0.4 is 0 Å². The topological polar surface area (TPSA) is 77.9 Å². The summed E-state index contributed by atoms with van der Waals surface area (Å²) < 4.78 is 0. The number of unbranched alkanes of at least 4 members (excludes halogenated alkanes) is 8. The molecule has 0 saturated heterocycles. The summed E-state index contributed by atoms with van der Waals surface area (Å²) in [7, 11) is 0. The van der Waals surface area contributed by atoms with Gasteiger partial charge in [0.05, 0.1) is 0 Å². The molecule has 1 atom stereocenters. The van der Waals surface area contributed by atoms with Gasteiger partial charge in [0.1, 0.15) is 0 Å². The average molecular weight is 749 g/mol. The van der Waals surface area contributed by atoms with E-state index in [2.05, 4.69) is 32.4 Å². The van der Waals surface area contributed by atoms with Gasteiger partial charge in [0.25, 0.3) is 17.7 Å². The van der Waals surface area contributed by atoms with Gasteiger partial charge in [0.15, 0.2) is 6.23 Å². The zero-order valence-corrected chi connectivity index (χ0v) is 32.9. The van der Waals surface area contributed by atoms with Crippen LogP contribution in [0.2, 0.25) is 0 Å². The first-order valence-electron chi connectivity index (χ1n) is 20.9. The van der Waals surface area contributed by atoms with Crippen molar-refractivity contribution in [3.05, 3.63) is 121 Å². The van der Waals surface area contributed by atoms with E-state index in [0.29, 0.717) is 22.1 Å². The number of aliphatic hydroxyl groups is 1. The molecule has 0 bridgehead atoms. The van der Waals surface area contributed by atoms with E-state index in [1.807, 2.05) is 66.8 Å². The number of fused-ring (bicyclic) bond motifs is 2. The van der Waals surface area contributed by atoms with Gasteiger partial charge in [-0.2, -0.15) is 0 Å². The quantitative estimate of drug-likeness (QED) is 0.0251. The number of allylic oxidation sites excluding steroid dienone is 4. The smallest absolute Gasteiger partial charge is 0.261 e. The van der Waals surface area contributed by atoms with Gasteiger partial charge in [-0.25, -0.2) is 0 Å². The van der Waals surface area contributed by atoms with E-state index >= 15 is 0 Å². The molecular weight excluding hydrogens is 693 g/mol. The lowest BCUT2D eigenvalue weighted by Gasteiger charge is -2.40. The van der Waals surface area contributed by atoms with Gasteiger partial charge in [-0.3, -0.25) is 19.3 Å². The molecule has 3 amide bonds. The highest BCUT2D eigenvalue weighted by Gasteiger charge is 2.40. The third-order valence-corrected chi connectivity index (χ3v) is 12.4. The lowest BCUT2D eigenvalue weighted by molar-refractivity contribution is -0.0199. The Morgan fingerprint density at radius 3 is 1.29 bits per heavy atom. The number of imide groups is 1. The summed E-state index contributed by atoms with van der Waals surface area (Å²) in [5, 5.41) is 19.2. The van der Waals surface area contributed by atoms with Crippen LogP contribution in [0.15, 0.2) is 99.2 Å². The molecule has 0 spiro atoms. The second-order valence-electron chi connectivity index (χ2n) is 15.9. The largest absolute Gasteiger partial charge is 0.369 e. The van der Waals surface area contributed by atoms with E-state index in [9.17, 15) is 19.5 Å². The van der Waals surface area contributed by atoms with E-state index in [0.717, 1.165) is 146 Å². The Morgan fingerprint density at radius 1 is 0.482 bits per heavy atom. The number of hydrogen-bond acceptors (Lipinski definition) is 4. The molecule has 6 heteroatoms. The Hall–Kier alpha value is -5.07. The lowest BCUT2D eigenvalue weighted by Crippen LogP contribution is -2.47. The first-order valence-corrected chi connectivity index (χ1v) is 20.9. The number of carbonyl (C=O) groups is 3. The molecule has 6 nitrogen and oxygen atoms in total. The maximum atomic E-state index is 14.5. The van der Waals surface area contributed by atoms with Gasteiger partial charge >= 0.3 is 0 Å². The zero-order chi connectivity index (χ0) is 39.3. The monoisotopic (exact) mass is 748 g/mol. The number of hydrogen-bond donors (Lipinski definition) is 1. The molecule has 0 aromatic heterocycles. The highest BCUT2D eigenvalue weighted by atomic mass is 16.3. The summed E-state index contributed by atoms with van der Waals surface area (Å²) >= 11 is 0. The first-order chi connectivity index (χ1) is 27.4. The van der Waals surface area contributed by atoms with Crippen LogP contribution in [0.4, 0.5) is 0 Å². The molecule has 1 unspecified atom stereocenters. The van der Waals surface area contributed by atoms with Crippen LogP contribution >= 0.6 is 0 Å². The summed E-state index contributed by atoms with van der Waals surface area (Å²) in [6, 6.07) is 15.5. The second-order valence-corrected chi connectivity index (χ2v) is 15.9. The lowest BCUT2D eigenvalue weighted by atomic mass is 9.81. The van der Waals surface area contributed by atoms with Gasteiger partial charge in [-0.15, -0.1) is 26.3 Å². The van der Waals surface area contributed by atoms with E-state index < -0.39 is 6.23 Å². The highest BCUT2D eigenvalue weighted by Crippen LogP contribution is 2.48. The van der Waals surface area contributed by atoms with Crippen molar-refractivity contribution in [2.75, 3.05) is 0 Å². The molecular formula is C50H56N2O4. The molecule has 0 saturated carbocycles. The minimum atomic E-state index is -1.07. The number of carbonyl (C=O) groups excluding carboxylic acids is 3. The van der Waals surface area contributed by atoms with Crippen molar-refractivity contribution in [2.24, 2.45) is 0 Å². The van der Waals surface area contributed by atoms with E-state index in [-0.39, 0.29) is 29.8 Å². The fraction of sp³-hybridized carbons (Fsp3) is 0.380. The third-order valence-electron chi connectivity index (χ3n) is 12.4. The molecule has 0 radical (unpaired) electrons. The zero-order valence-electron chi connectivity index (χ0n) is 32.9. The molecule has 2 aliphatic rings. The predicted octanol–water partition coefficient (Wildman–Crippen LogP) is 12.5. The Balaban J connectivity index is 1.30. The highest BCUT2D eigenvalue weighted by molar-refractivity contribution is 6.39. The van der Waals surface area contributed by atoms with Gasteiger partial charge in [0.2, 0.25) is 0 Å². The van der Waals surface area contributed by atoms with Crippen LogP contribution in [0, 0.1) is 0 Å². The van der Waals surface area contributed by atoms with Crippen LogP contribution in [0.5, 0.6) is 0 Å². The fourth-order valence-electron chi connectivity index (χ4n) is 9.61. The minimum Gasteiger partial charge on any atom is -0.369 e. The van der Waals surface area contributed by atoms with E-state index in [4.69, 9.17) is 0 Å². The van der Waals surface area contributed by atoms with Crippen LogP contribution in [0.1, 0.15) is 146 Å². The van der Waals surface area contributed by atoms with Crippen molar-refractivity contribution < 1.29 is 19.5 Å². The minimum absolute atomic E-state index is 0.0898. The molecule has 5 aromatic carbocycles. The normalized spacial score (nSPS) is 15.4. The Bertz CT molecular complexity index is 2220. The van der Waals surface area contributed by atoms with Crippen molar-refractivity contribution in [3.8, 4) is 0 Å². The van der Waals surface area contributed by atoms with Gasteiger partial charge < -0.3 is 10.0 Å². The Labute approximate surface area is 331 Å². The molecule has 2 heterocycles. The molecule has 1 N–H and O–H groups in total. The number of nitrogens with zero attached hydrogens (tertiary/aromatic N) is 2. The van der Waals surface area contributed by atoms with Crippen molar-refractivity contribution >= 4 is 60.8 Å². The second kappa shape index (κ2) is 17.4. The van der Waals surface area contributed by atoms with E-state index in [1.165, 1.54) is 0 Å². The summed E-state index contributed by atoms with van der Waals surface area (Å²) in [5.74, 6) is -0.587. The Morgan fingerprint density at radius 2 is 0.857 bits per heavy atom. The standard InChI is InChI=1S/C50H56N2O4/c1-5-9-13-17-21-33(22-18-14-10-6-2)51-47(53)39-29-25-35-37-27-31-41-46-42(32-28-38(44(37)46)36-26-30-40(48(51)54)45(39)43(35)36)50(56)52(49(41)55)34(23-19-15-11-7-3)24-20-16-12-8-4/h5-8,25-34,47,53H,1-4,9-24H2. The first kappa shape index (κ1) is 39.2. The average Bonchev–Trinajstić information content (AvgIpc) is 3.21. The number of benzene rings is 5. The molecule has 0 aliphatic carbocycles. The molecule has 0 fully saturated rings. The van der Waals surface area contributed by atoms with Crippen molar-refractivity contribution in [3.63, 3.8) is 0 Å². The van der Waals surface area contributed by atoms with Crippen LogP contribution in [-0.2, 0) is 0 Å². The van der Waals surface area contributed by atoms with E-state index in [1.54, 1.807) is 9.80 Å². The van der Waals surface area contributed by atoms with Crippen LogP contribution in [0.25, 0.3) is 43.1 Å². The molecule has 56 heavy (non-hydrogen) atoms. The van der Waals surface area contributed by atoms with Crippen molar-refractivity contribution in [2.45, 2.75) is 121 Å². The third kappa shape index (κ3) is 6.98. The fourth-order valence-corrected chi connectivity index (χ4v) is 9.61. The van der Waals surface area contributed by atoms with Crippen LogP contribution in [0.3, 0.4) is 0 Å². The summed E-state index contributed by atoms with van der Waals surface area (Å²) in [5.41, 5.74) is 2.47. The van der Waals surface area contributed by atoms with Crippen molar-refractivity contribution in [1.82, 2.24) is 9.80 Å². The maximum Gasteiger partial charge on any atom is 0.261 e. The Kier molecular flexibility index (Phi) is 12.2. The summed E-state index contributed by atoms with van der Waals surface area (Å²) in [6.45, 7) is 15.5. The van der Waals surface area contributed by atoms with Gasteiger partial charge in [-0.1, -0.05) is 80.3 Å². The van der Waals surface area contributed by atoms with Crippen molar-refractivity contribution in [1.29, 1.82) is 0 Å². The number of amides is 3. The maximum absolute atomic E-state index is 14.5. The predicted molar refractivity (Wildman–Crippen MR) is 232 cm³/mol. The van der Waals surface area contributed by atoms with Gasteiger partial charge in [-0.05, 0) is 128 Å². The SMILES string of the molecule is C=CCCCCC(CCCCC=C)N1C(=O)c2ccc3c4ccc5c6c(ccc(c7ccc(c2c37)C1=O)c64)C(O)N(C(CCCCC=C)CCCCC=C)C5=O. The molecule has 290 valence electrons. The van der Waals surface area contributed by atoms with Gasteiger partial charge in [0, 0.05) is 45.1 Å². The molecule has 7 rings (SSSR count). The van der Waals surface area contributed by atoms with Crippen LogP contribution in [-0.4, -0.2) is 44.7 Å². The summed E-state index contributed by atoms with van der Waals surface area (Å²) in [4.78, 5) is 46.8.